The maximum atomic E-state index is 12.1. The maximum absolute atomic E-state index is 12.1. The lowest BCUT2D eigenvalue weighted by atomic mass is 10.2. The first-order valence-corrected chi connectivity index (χ1v) is 6.92. The molecular formula is C13H14N2O3S. The second-order valence-corrected chi connectivity index (χ2v) is 4.64. The molecule has 0 aromatic carbocycles. The summed E-state index contributed by atoms with van der Waals surface area (Å²) in [4.78, 5) is 16.2. The molecular weight excluding hydrogens is 264 g/mol. The van der Waals surface area contributed by atoms with E-state index in [9.17, 15) is 9.90 Å². The van der Waals surface area contributed by atoms with Crippen LogP contribution in [0.5, 0.6) is 0 Å². The lowest BCUT2D eigenvalue weighted by Crippen LogP contribution is -2.30. The number of hydrogen-bond acceptors (Lipinski definition) is 5. The fourth-order valence-corrected chi connectivity index (χ4v) is 2.01. The number of nitrogens with one attached hydrogen (secondary N) is 1. The van der Waals surface area contributed by atoms with Crippen LogP contribution < -0.4 is 5.32 Å². The number of rotatable bonds is 5. The fraction of sp³-hybridized carbons (Fsp3) is 0.231. The quantitative estimate of drug-likeness (QED) is 0.816. The predicted molar refractivity (Wildman–Crippen MR) is 72.0 cm³/mol. The van der Waals surface area contributed by atoms with Crippen LogP contribution in [-0.4, -0.2) is 28.9 Å². The van der Waals surface area contributed by atoms with Gasteiger partial charge in [-0.2, -0.15) is 0 Å². The van der Waals surface area contributed by atoms with Crippen molar-refractivity contribution in [3.05, 3.63) is 48.0 Å². The summed E-state index contributed by atoms with van der Waals surface area (Å²) in [6.07, 6.45) is 4.98. The molecule has 100 valence electrons. The fourth-order valence-electron chi connectivity index (χ4n) is 1.60. The normalized spacial score (nSPS) is 12.1. The van der Waals surface area contributed by atoms with Crippen LogP contribution in [0, 0.1) is 0 Å². The Balaban J connectivity index is 2.11. The van der Waals surface area contributed by atoms with Gasteiger partial charge in [-0.1, -0.05) is 0 Å². The first-order valence-electron chi connectivity index (χ1n) is 5.69. The van der Waals surface area contributed by atoms with E-state index < -0.39 is 6.04 Å². The van der Waals surface area contributed by atoms with Crippen LogP contribution in [0.15, 0.2) is 46.2 Å². The minimum absolute atomic E-state index is 0.222. The largest absolute Gasteiger partial charge is 0.467 e. The highest BCUT2D eigenvalue weighted by molar-refractivity contribution is 7.98. The van der Waals surface area contributed by atoms with E-state index in [1.54, 1.807) is 30.5 Å². The number of aliphatic hydroxyl groups is 1. The molecule has 0 fully saturated rings. The first kappa shape index (κ1) is 13.6. The van der Waals surface area contributed by atoms with Gasteiger partial charge in [0.25, 0.3) is 5.91 Å². The number of aromatic nitrogens is 1. The van der Waals surface area contributed by atoms with E-state index in [1.165, 1.54) is 18.0 Å². The second kappa shape index (κ2) is 6.40. The molecule has 0 saturated carbocycles. The number of carbonyl (C=O) groups is 1. The van der Waals surface area contributed by atoms with Gasteiger partial charge in [-0.25, -0.2) is 4.98 Å². The van der Waals surface area contributed by atoms with Gasteiger partial charge in [0.1, 0.15) is 11.8 Å². The Labute approximate surface area is 115 Å². The van der Waals surface area contributed by atoms with Crippen molar-refractivity contribution in [3.8, 4) is 0 Å². The number of hydrogen-bond donors (Lipinski definition) is 2. The third-order valence-electron chi connectivity index (χ3n) is 2.58. The average Bonchev–Trinajstić information content (AvgIpc) is 2.98. The van der Waals surface area contributed by atoms with Crippen molar-refractivity contribution in [2.75, 3.05) is 12.9 Å². The number of nitrogens with zero attached hydrogens (tertiary/aromatic N) is 1. The molecule has 1 amide bonds. The van der Waals surface area contributed by atoms with E-state index in [1.807, 2.05) is 6.26 Å². The van der Waals surface area contributed by atoms with Crippen LogP contribution >= 0.6 is 11.8 Å². The Hall–Kier alpha value is -1.79. The Kier molecular flexibility index (Phi) is 4.59. The van der Waals surface area contributed by atoms with Crippen LogP contribution in [0.25, 0.3) is 0 Å². The molecule has 0 aliphatic carbocycles. The van der Waals surface area contributed by atoms with E-state index in [0.29, 0.717) is 11.3 Å². The monoisotopic (exact) mass is 278 g/mol. The van der Waals surface area contributed by atoms with Gasteiger partial charge in [0, 0.05) is 11.8 Å². The molecule has 2 heterocycles. The van der Waals surface area contributed by atoms with Crippen molar-refractivity contribution in [2.24, 2.45) is 0 Å². The Bertz CT molecular complexity index is 543. The van der Waals surface area contributed by atoms with Gasteiger partial charge in [-0.15, -0.1) is 11.8 Å². The smallest absolute Gasteiger partial charge is 0.252 e. The lowest BCUT2D eigenvalue weighted by Gasteiger charge is -2.14. The van der Waals surface area contributed by atoms with Gasteiger partial charge in [0.05, 0.1) is 17.9 Å². The number of carbonyl (C=O) groups excluding carboxylic acids is 1. The highest BCUT2D eigenvalue weighted by atomic mass is 32.2. The number of thioether (sulfide) groups is 1. The molecule has 2 N–H and O–H groups in total. The zero-order valence-electron chi connectivity index (χ0n) is 10.4. The molecule has 2 aromatic heterocycles. The Morgan fingerprint density at radius 1 is 1.58 bits per heavy atom. The molecule has 5 nitrogen and oxygen atoms in total. The summed E-state index contributed by atoms with van der Waals surface area (Å²) < 4.78 is 5.18. The number of aliphatic hydroxyl groups excluding tert-OH is 1. The zero-order chi connectivity index (χ0) is 13.7. The van der Waals surface area contributed by atoms with E-state index in [2.05, 4.69) is 10.3 Å². The number of pyridine rings is 1. The summed E-state index contributed by atoms with van der Waals surface area (Å²) in [7, 11) is 0. The summed E-state index contributed by atoms with van der Waals surface area (Å²) >= 11 is 1.46. The van der Waals surface area contributed by atoms with Crippen molar-refractivity contribution in [1.29, 1.82) is 0 Å². The molecule has 0 radical (unpaired) electrons. The van der Waals surface area contributed by atoms with Gasteiger partial charge in [0.2, 0.25) is 0 Å². The van der Waals surface area contributed by atoms with E-state index in [-0.39, 0.29) is 12.5 Å². The number of furan rings is 1. The standard InChI is InChI=1S/C13H14N2O3S/c1-19-12-7-9(4-5-14-12)13(17)15-10(8-16)11-3-2-6-18-11/h2-7,10,16H,8H2,1H3,(H,15,17). The van der Waals surface area contributed by atoms with Gasteiger partial charge in [0.15, 0.2) is 0 Å². The van der Waals surface area contributed by atoms with Gasteiger partial charge < -0.3 is 14.8 Å². The SMILES string of the molecule is CSc1cc(C(=O)NC(CO)c2ccco2)ccn1. The molecule has 1 atom stereocenters. The zero-order valence-corrected chi connectivity index (χ0v) is 11.2. The summed E-state index contributed by atoms with van der Waals surface area (Å²) in [6.45, 7) is -0.222. The van der Waals surface area contributed by atoms with E-state index in [0.717, 1.165) is 5.03 Å². The van der Waals surface area contributed by atoms with E-state index in [4.69, 9.17) is 4.42 Å². The molecule has 2 rings (SSSR count). The predicted octanol–water partition coefficient (Wildman–Crippen LogP) is 1.86. The summed E-state index contributed by atoms with van der Waals surface area (Å²) in [6, 6.07) is 6.21. The second-order valence-electron chi connectivity index (χ2n) is 3.81. The number of amides is 1. The topological polar surface area (TPSA) is 75.4 Å². The van der Waals surface area contributed by atoms with Crippen molar-refractivity contribution in [2.45, 2.75) is 11.1 Å². The van der Waals surface area contributed by atoms with Gasteiger partial charge >= 0.3 is 0 Å². The molecule has 1 unspecified atom stereocenters. The molecule has 0 spiro atoms. The highest BCUT2D eigenvalue weighted by Gasteiger charge is 2.17. The van der Waals surface area contributed by atoms with Crippen molar-refractivity contribution in [1.82, 2.24) is 10.3 Å². The molecule has 0 bridgehead atoms. The Morgan fingerprint density at radius 2 is 2.42 bits per heavy atom. The summed E-state index contributed by atoms with van der Waals surface area (Å²) in [5.41, 5.74) is 0.504. The van der Waals surface area contributed by atoms with Crippen LogP contribution in [0.1, 0.15) is 22.2 Å². The van der Waals surface area contributed by atoms with Crippen molar-refractivity contribution >= 4 is 17.7 Å². The minimum Gasteiger partial charge on any atom is -0.467 e. The van der Waals surface area contributed by atoms with Gasteiger partial charge in [-0.05, 0) is 30.5 Å². The maximum Gasteiger partial charge on any atom is 0.252 e. The van der Waals surface area contributed by atoms with Crippen LogP contribution in [-0.2, 0) is 0 Å². The highest BCUT2D eigenvalue weighted by Crippen LogP contribution is 2.16. The molecule has 6 heteroatoms. The summed E-state index contributed by atoms with van der Waals surface area (Å²) in [5.74, 6) is 0.253. The third kappa shape index (κ3) is 3.36. The van der Waals surface area contributed by atoms with Crippen molar-refractivity contribution < 1.29 is 14.3 Å². The lowest BCUT2D eigenvalue weighted by molar-refractivity contribution is 0.0907. The first-order chi connectivity index (χ1) is 9.24. The average molecular weight is 278 g/mol. The molecule has 2 aromatic rings. The summed E-state index contributed by atoms with van der Waals surface area (Å²) in [5, 5.41) is 12.8. The van der Waals surface area contributed by atoms with E-state index >= 15 is 0 Å². The van der Waals surface area contributed by atoms with Crippen LogP contribution in [0.4, 0.5) is 0 Å². The van der Waals surface area contributed by atoms with Crippen LogP contribution in [0.2, 0.25) is 0 Å². The Morgan fingerprint density at radius 3 is 3.05 bits per heavy atom. The molecule has 0 aliphatic heterocycles. The molecule has 0 aliphatic rings. The van der Waals surface area contributed by atoms with Crippen molar-refractivity contribution in [3.63, 3.8) is 0 Å². The van der Waals surface area contributed by atoms with Gasteiger partial charge in [-0.3, -0.25) is 4.79 Å². The molecule has 19 heavy (non-hydrogen) atoms. The third-order valence-corrected chi connectivity index (χ3v) is 3.22. The molecule has 0 saturated heterocycles. The minimum atomic E-state index is -0.548. The van der Waals surface area contributed by atoms with Crippen LogP contribution in [0.3, 0.4) is 0 Å².